The first-order valence-corrected chi connectivity index (χ1v) is 7.71. The van der Waals surface area contributed by atoms with Crippen molar-refractivity contribution in [3.63, 3.8) is 0 Å². The van der Waals surface area contributed by atoms with Crippen molar-refractivity contribution >= 4 is 23.2 Å². The lowest BCUT2D eigenvalue weighted by molar-refractivity contribution is -0.132. The van der Waals surface area contributed by atoms with E-state index < -0.39 is 0 Å². The molecule has 0 bridgehead atoms. The Morgan fingerprint density at radius 2 is 1.85 bits per heavy atom. The summed E-state index contributed by atoms with van der Waals surface area (Å²) in [7, 11) is 3.93. The number of nitrogens with zero attached hydrogens (tertiary/aromatic N) is 3. The molecule has 1 saturated heterocycles. The van der Waals surface area contributed by atoms with E-state index in [4.69, 9.17) is 0 Å². The van der Waals surface area contributed by atoms with E-state index in [0.717, 1.165) is 11.4 Å². The van der Waals surface area contributed by atoms with Crippen LogP contribution in [0, 0.1) is 0 Å². The van der Waals surface area contributed by atoms with E-state index in [-0.39, 0.29) is 11.8 Å². The third-order valence-corrected chi connectivity index (χ3v) is 4.28. The summed E-state index contributed by atoms with van der Waals surface area (Å²) in [5.41, 5.74) is 0. The molecule has 6 heteroatoms. The van der Waals surface area contributed by atoms with Crippen molar-refractivity contribution in [2.75, 3.05) is 46.8 Å². The largest absolute Gasteiger partial charge is 0.339 e. The van der Waals surface area contributed by atoms with Crippen molar-refractivity contribution in [3.8, 4) is 0 Å². The molecule has 1 aromatic rings. The monoisotopic (exact) mass is 295 g/mol. The van der Waals surface area contributed by atoms with E-state index in [1.165, 1.54) is 11.3 Å². The zero-order chi connectivity index (χ0) is 14.5. The highest BCUT2D eigenvalue weighted by Crippen LogP contribution is 2.14. The SMILES string of the molecule is CN(C)CCC(=O)N1CCN(C(=O)c2cccs2)CC1. The first-order chi connectivity index (χ1) is 9.58. The fourth-order valence-corrected chi connectivity index (χ4v) is 2.88. The van der Waals surface area contributed by atoms with Crippen molar-refractivity contribution < 1.29 is 9.59 Å². The first-order valence-electron chi connectivity index (χ1n) is 6.83. The predicted molar refractivity (Wildman–Crippen MR) is 80.0 cm³/mol. The number of hydrogen-bond donors (Lipinski definition) is 0. The first kappa shape index (κ1) is 15.0. The third kappa shape index (κ3) is 3.80. The molecule has 20 heavy (non-hydrogen) atoms. The second-order valence-corrected chi connectivity index (χ2v) is 6.15. The van der Waals surface area contributed by atoms with Gasteiger partial charge in [-0.15, -0.1) is 11.3 Å². The lowest BCUT2D eigenvalue weighted by atomic mass is 10.2. The number of carbonyl (C=O) groups is 2. The molecule has 2 amide bonds. The van der Waals surface area contributed by atoms with Gasteiger partial charge >= 0.3 is 0 Å². The Morgan fingerprint density at radius 3 is 2.40 bits per heavy atom. The summed E-state index contributed by atoms with van der Waals surface area (Å²) in [5, 5.41) is 1.91. The lowest BCUT2D eigenvalue weighted by Gasteiger charge is -2.34. The molecule has 1 aliphatic rings. The Bertz CT molecular complexity index is 451. The summed E-state index contributed by atoms with van der Waals surface area (Å²) >= 11 is 1.47. The van der Waals surface area contributed by atoms with Crippen molar-refractivity contribution in [1.82, 2.24) is 14.7 Å². The molecule has 0 saturated carbocycles. The van der Waals surface area contributed by atoms with Crippen LogP contribution in [0.25, 0.3) is 0 Å². The third-order valence-electron chi connectivity index (χ3n) is 3.42. The minimum absolute atomic E-state index is 0.0837. The molecule has 0 radical (unpaired) electrons. The van der Waals surface area contributed by atoms with Gasteiger partial charge in [-0.05, 0) is 25.5 Å². The van der Waals surface area contributed by atoms with Crippen LogP contribution < -0.4 is 0 Å². The van der Waals surface area contributed by atoms with E-state index in [1.807, 2.05) is 46.3 Å². The molecule has 5 nitrogen and oxygen atoms in total. The normalized spacial score (nSPS) is 15.8. The maximum atomic E-state index is 12.2. The molecule has 0 N–H and O–H groups in total. The maximum Gasteiger partial charge on any atom is 0.264 e. The molecule has 1 aromatic heterocycles. The summed E-state index contributed by atoms with van der Waals surface area (Å²) < 4.78 is 0. The van der Waals surface area contributed by atoms with Crippen LogP contribution in [0.2, 0.25) is 0 Å². The Labute approximate surface area is 123 Å². The van der Waals surface area contributed by atoms with E-state index in [0.29, 0.717) is 32.6 Å². The highest BCUT2D eigenvalue weighted by atomic mass is 32.1. The molecule has 0 aromatic carbocycles. The predicted octanol–water partition coefficient (Wildman–Crippen LogP) is 0.984. The summed E-state index contributed by atoms with van der Waals surface area (Å²) in [5.74, 6) is 0.266. The second kappa shape index (κ2) is 6.85. The Kier molecular flexibility index (Phi) is 5.14. The van der Waals surface area contributed by atoms with Crippen molar-refractivity contribution in [2.45, 2.75) is 6.42 Å². The number of thiophene rings is 1. The zero-order valence-electron chi connectivity index (χ0n) is 12.0. The average Bonchev–Trinajstić information content (AvgIpc) is 2.98. The van der Waals surface area contributed by atoms with Crippen LogP contribution in [0.5, 0.6) is 0 Å². The van der Waals surface area contributed by atoms with E-state index >= 15 is 0 Å². The van der Waals surface area contributed by atoms with Gasteiger partial charge < -0.3 is 14.7 Å². The molecule has 0 aliphatic carbocycles. The fraction of sp³-hybridized carbons (Fsp3) is 0.571. The van der Waals surface area contributed by atoms with E-state index in [2.05, 4.69) is 0 Å². The van der Waals surface area contributed by atoms with Gasteiger partial charge in [0.05, 0.1) is 4.88 Å². The molecule has 0 spiro atoms. The smallest absolute Gasteiger partial charge is 0.264 e. The van der Waals surface area contributed by atoms with Gasteiger partial charge in [0, 0.05) is 39.1 Å². The number of carbonyl (C=O) groups excluding carboxylic acids is 2. The average molecular weight is 295 g/mol. The maximum absolute atomic E-state index is 12.2. The van der Waals surface area contributed by atoms with Gasteiger partial charge in [-0.1, -0.05) is 6.07 Å². The van der Waals surface area contributed by atoms with Crippen LogP contribution in [0.15, 0.2) is 17.5 Å². The van der Waals surface area contributed by atoms with E-state index in [9.17, 15) is 9.59 Å². The molecular weight excluding hydrogens is 274 g/mol. The standard InChI is InChI=1S/C14H21N3O2S/c1-15(2)6-5-13(18)16-7-9-17(10-8-16)14(19)12-4-3-11-20-12/h3-4,11H,5-10H2,1-2H3. The number of amides is 2. The van der Waals surface area contributed by atoms with Gasteiger partial charge in [0.25, 0.3) is 5.91 Å². The fourth-order valence-electron chi connectivity index (χ4n) is 2.19. The van der Waals surface area contributed by atoms with Crippen molar-refractivity contribution in [1.29, 1.82) is 0 Å². The van der Waals surface area contributed by atoms with Gasteiger partial charge in [-0.25, -0.2) is 0 Å². The highest BCUT2D eigenvalue weighted by molar-refractivity contribution is 7.12. The van der Waals surface area contributed by atoms with Crippen LogP contribution in [-0.4, -0.2) is 73.3 Å². The van der Waals surface area contributed by atoms with Gasteiger partial charge in [0.1, 0.15) is 0 Å². The molecule has 2 heterocycles. The molecule has 2 rings (SSSR count). The topological polar surface area (TPSA) is 43.9 Å². The molecule has 1 aliphatic heterocycles. The van der Waals surface area contributed by atoms with Crippen LogP contribution >= 0.6 is 11.3 Å². The van der Waals surface area contributed by atoms with Crippen LogP contribution in [0.3, 0.4) is 0 Å². The minimum Gasteiger partial charge on any atom is -0.339 e. The quantitative estimate of drug-likeness (QED) is 0.832. The molecule has 1 fully saturated rings. The van der Waals surface area contributed by atoms with Crippen LogP contribution in [0.1, 0.15) is 16.1 Å². The minimum atomic E-state index is 0.0837. The summed E-state index contributed by atoms with van der Waals surface area (Å²) in [6.07, 6.45) is 0.547. The lowest BCUT2D eigenvalue weighted by Crippen LogP contribution is -2.50. The molecule has 0 atom stereocenters. The number of rotatable bonds is 4. The van der Waals surface area contributed by atoms with Gasteiger partial charge in [0.15, 0.2) is 0 Å². The Hall–Kier alpha value is -1.40. The number of piperazine rings is 1. The zero-order valence-corrected chi connectivity index (χ0v) is 12.9. The van der Waals surface area contributed by atoms with Crippen LogP contribution in [0.4, 0.5) is 0 Å². The van der Waals surface area contributed by atoms with Gasteiger partial charge in [-0.3, -0.25) is 9.59 Å². The molecule has 110 valence electrons. The summed E-state index contributed by atoms with van der Waals surface area (Å²) in [6, 6.07) is 3.74. The second-order valence-electron chi connectivity index (χ2n) is 5.20. The Morgan fingerprint density at radius 1 is 1.20 bits per heavy atom. The van der Waals surface area contributed by atoms with Crippen molar-refractivity contribution in [3.05, 3.63) is 22.4 Å². The van der Waals surface area contributed by atoms with Crippen LogP contribution in [-0.2, 0) is 4.79 Å². The number of hydrogen-bond acceptors (Lipinski definition) is 4. The summed E-state index contributed by atoms with van der Waals surface area (Å²) in [4.78, 5) is 30.7. The van der Waals surface area contributed by atoms with Gasteiger partial charge in [-0.2, -0.15) is 0 Å². The Balaban J connectivity index is 1.80. The van der Waals surface area contributed by atoms with E-state index in [1.54, 1.807) is 0 Å². The summed E-state index contributed by atoms with van der Waals surface area (Å²) in [6.45, 7) is 3.31. The molecular formula is C14H21N3O2S. The van der Waals surface area contributed by atoms with Crippen molar-refractivity contribution in [2.24, 2.45) is 0 Å². The highest BCUT2D eigenvalue weighted by Gasteiger charge is 2.24. The van der Waals surface area contributed by atoms with Gasteiger partial charge in [0.2, 0.25) is 5.91 Å². The molecule has 0 unspecified atom stereocenters.